The molecule has 0 unspecified atom stereocenters. The molecule has 2 aromatic carbocycles. The quantitative estimate of drug-likeness (QED) is 0.451. The lowest BCUT2D eigenvalue weighted by Crippen LogP contribution is -2.07. The van der Waals surface area contributed by atoms with Gasteiger partial charge >= 0.3 is 0 Å². The molecule has 2 aromatic rings. The zero-order valence-electron chi connectivity index (χ0n) is 13.4. The summed E-state index contributed by atoms with van der Waals surface area (Å²) in [4.78, 5) is 12.9. The fraction of sp³-hybridized carbons (Fsp3) is 0.158. The third-order valence-electron chi connectivity index (χ3n) is 3.08. The molecule has 0 spiro atoms. The molecular formula is C19H18N2O2S. The van der Waals surface area contributed by atoms with E-state index in [1.165, 1.54) is 6.08 Å². The summed E-state index contributed by atoms with van der Waals surface area (Å²) < 4.78 is 5.66. The zero-order valence-corrected chi connectivity index (χ0v) is 14.2. The van der Waals surface area contributed by atoms with Gasteiger partial charge in [0.15, 0.2) is 0 Å². The minimum Gasteiger partial charge on any atom is -0.493 e. The summed E-state index contributed by atoms with van der Waals surface area (Å²) in [7, 11) is 0. The monoisotopic (exact) mass is 338 g/mol. The first-order valence-corrected chi connectivity index (χ1v) is 8.41. The molecule has 24 heavy (non-hydrogen) atoms. The van der Waals surface area contributed by atoms with Crippen LogP contribution in [0.4, 0.5) is 5.69 Å². The van der Waals surface area contributed by atoms with Gasteiger partial charge in [-0.2, -0.15) is 5.26 Å². The van der Waals surface area contributed by atoms with Crippen LogP contribution in [0.2, 0.25) is 0 Å². The highest BCUT2D eigenvalue weighted by molar-refractivity contribution is 8.03. The Morgan fingerprint density at radius 2 is 2.00 bits per heavy atom. The molecule has 0 heterocycles. The van der Waals surface area contributed by atoms with Crippen LogP contribution in [0.25, 0.3) is 6.08 Å². The zero-order chi connectivity index (χ0) is 17.2. The van der Waals surface area contributed by atoms with Crippen LogP contribution in [0.15, 0.2) is 59.5 Å². The molecule has 0 aliphatic carbocycles. The maximum Gasteiger partial charge on any atom is 0.248 e. The first-order valence-electron chi connectivity index (χ1n) is 7.60. The molecule has 0 fully saturated rings. The molecule has 0 saturated heterocycles. The van der Waals surface area contributed by atoms with Gasteiger partial charge in [0, 0.05) is 22.2 Å². The van der Waals surface area contributed by atoms with Crippen molar-refractivity contribution in [3.8, 4) is 11.2 Å². The van der Waals surface area contributed by atoms with Gasteiger partial charge in [-0.3, -0.25) is 4.79 Å². The number of thiocyanates is 1. The highest BCUT2D eigenvalue weighted by atomic mass is 32.2. The minimum atomic E-state index is -0.221. The lowest BCUT2D eigenvalue weighted by molar-refractivity contribution is -0.111. The van der Waals surface area contributed by atoms with E-state index in [4.69, 9.17) is 10.00 Å². The van der Waals surface area contributed by atoms with Crippen LogP contribution in [0, 0.1) is 10.7 Å². The van der Waals surface area contributed by atoms with Crippen LogP contribution in [-0.4, -0.2) is 12.5 Å². The van der Waals surface area contributed by atoms with Gasteiger partial charge in [-0.05, 0) is 54.6 Å². The number of carbonyl (C=O) groups excluding carboxylic acids is 1. The summed E-state index contributed by atoms with van der Waals surface area (Å²) in [6.45, 7) is 2.69. The molecule has 0 aromatic heterocycles. The average molecular weight is 338 g/mol. The Hall–Kier alpha value is -2.71. The smallest absolute Gasteiger partial charge is 0.248 e. The molecule has 5 heteroatoms. The van der Waals surface area contributed by atoms with E-state index in [0.29, 0.717) is 12.3 Å². The number of nitrogens with zero attached hydrogens (tertiary/aromatic N) is 1. The molecule has 1 N–H and O–H groups in total. The van der Waals surface area contributed by atoms with E-state index in [-0.39, 0.29) is 5.91 Å². The second kappa shape index (κ2) is 9.43. The van der Waals surface area contributed by atoms with E-state index < -0.39 is 0 Å². The standard InChI is InChI=1S/C19H18N2O2S/c1-2-13-23-18-6-4-3-5-15(18)7-12-19(22)21-16-8-10-17(11-9-16)24-14-20/h3-12H,2,13H2,1H3,(H,21,22)/b12-7+. The average Bonchev–Trinajstić information content (AvgIpc) is 2.61. The predicted octanol–water partition coefficient (Wildman–Crippen LogP) is 4.70. The molecule has 1 amide bonds. The number of amides is 1. The highest BCUT2D eigenvalue weighted by Crippen LogP contribution is 2.21. The van der Waals surface area contributed by atoms with Gasteiger partial charge in [-0.1, -0.05) is 25.1 Å². The van der Waals surface area contributed by atoms with E-state index in [9.17, 15) is 4.79 Å². The van der Waals surface area contributed by atoms with Crippen LogP contribution < -0.4 is 10.1 Å². The van der Waals surface area contributed by atoms with Gasteiger partial charge in [-0.15, -0.1) is 0 Å². The Morgan fingerprint density at radius 3 is 2.71 bits per heavy atom. The lowest BCUT2D eigenvalue weighted by Gasteiger charge is -2.07. The summed E-state index contributed by atoms with van der Waals surface area (Å²) in [5.74, 6) is 0.544. The number of hydrogen-bond acceptors (Lipinski definition) is 4. The number of benzene rings is 2. The topological polar surface area (TPSA) is 62.1 Å². The third kappa shape index (κ3) is 5.49. The van der Waals surface area contributed by atoms with Crippen LogP contribution in [0.3, 0.4) is 0 Å². The number of anilines is 1. The van der Waals surface area contributed by atoms with Crippen molar-refractivity contribution in [2.24, 2.45) is 0 Å². The van der Waals surface area contributed by atoms with Gasteiger partial charge in [0.2, 0.25) is 5.91 Å². The van der Waals surface area contributed by atoms with Crippen molar-refractivity contribution in [3.63, 3.8) is 0 Å². The highest BCUT2D eigenvalue weighted by Gasteiger charge is 2.02. The van der Waals surface area contributed by atoms with Crippen molar-refractivity contribution in [1.82, 2.24) is 0 Å². The molecule has 0 aliphatic heterocycles. The molecule has 0 aliphatic rings. The first-order chi connectivity index (χ1) is 11.7. The largest absolute Gasteiger partial charge is 0.493 e. The number of ether oxygens (including phenoxy) is 1. The Labute approximate surface area is 146 Å². The summed E-state index contributed by atoms with van der Waals surface area (Å²) in [6.07, 6.45) is 4.14. The van der Waals surface area contributed by atoms with Crippen LogP contribution in [0.5, 0.6) is 5.75 Å². The van der Waals surface area contributed by atoms with Crippen molar-refractivity contribution in [2.45, 2.75) is 18.2 Å². The van der Waals surface area contributed by atoms with Gasteiger partial charge in [0.1, 0.15) is 11.2 Å². The predicted molar refractivity (Wildman–Crippen MR) is 97.8 cm³/mol. The summed E-state index contributed by atoms with van der Waals surface area (Å²) in [6, 6.07) is 14.7. The Bertz CT molecular complexity index is 749. The van der Waals surface area contributed by atoms with Gasteiger partial charge in [0.05, 0.1) is 6.61 Å². The Morgan fingerprint density at radius 1 is 1.25 bits per heavy atom. The molecule has 0 atom stereocenters. The van der Waals surface area contributed by atoms with Crippen molar-refractivity contribution in [1.29, 1.82) is 5.26 Å². The van der Waals surface area contributed by atoms with E-state index in [1.807, 2.05) is 36.6 Å². The van der Waals surface area contributed by atoms with Gasteiger partial charge < -0.3 is 10.1 Å². The lowest BCUT2D eigenvalue weighted by atomic mass is 10.2. The van der Waals surface area contributed by atoms with E-state index >= 15 is 0 Å². The van der Waals surface area contributed by atoms with Crippen molar-refractivity contribution in [3.05, 3.63) is 60.2 Å². The molecule has 0 bridgehead atoms. The normalized spacial score (nSPS) is 10.3. The summed E-state index contributed by atoms with van der Waals surface area (Å²) >= 11 is 1.08. The first kappa shape index (κ1) is 17.6. The fourth-order valence-corrected chi connectivity index (χ4v) is 2.35. The SMILES string of the molecule is CCCOc1ccccc1/C=C/C(=O)Nc1ccc(SC#N)cc1. The number of nitriles is 1. The van der Waals surface area contributed by atoms with Gasteiger partial charge in [-0.25, -0.2) is 0 Å². The van der Waals surface area contributed by atoms with Crippen molar-refractivity contribution in [2.75, 3.05) is 11.9 Å². The second-order valence-electron chi connectivity index (χ2n) is 4.93. The van der Waals surface area contributed by atoms with Crippen LogP contribution in [-0.2, 0) is 4.79 Å². The van der Waals surface area contributed by atoms with E-state index in [1.54, 1.807) is 30.3 Å². The molecule has 0 radical (unpaired) electrons. The molecular weight excluding hydrogens is 320 g/mol. The van der Waals surface area contributed by atoms with E-state index in [2.05, 4.69) is 5.32 Å². The molecule has 0 saturated carbocycles. The van der Waals surface area contributed by atoms with Crippen molar-refractivity contribution < 1.29 is 9.53 Å². The number of carbonyl (C=O) groups is 1. The molecule has 4 nitrogen and oxygen atoms in total. The number of para-hydroxylation sites is 1. The number of hydrogen-bond donors (Lipinski definition) is 1. The maximum absolute atomic E-state index is 12.0. The van der Waals surface area contributed by atoms with Crippen LogP contribution >= 0.6 is 11.8 Å². The second-order valence-corrected chi connectivity index (χ2v) is 5.78. The molecule has 122 valence electrons. The minimum absolute atomic E-state index is 0.221. The van der Waals surface area contributed by atoms with E-state index in [0.717, 1.165) is 34.4 Å². The third-order valence-corrected chi connectivity index (χ3v) is 3.68. The fourth-order valence-electron chi connectivity index (χ4n) is 1.97. The van der Waals surface area contributed by atoms with Crippen LogP contribution in [0.1, 0.15) is 18.9 Å². The Kier molecular flexibility index (Phi) is 6.93. The Balaban J connectivity index is 1.99. The number of thioether (sulfide) groups is 1. The summed E-state index contributed by atoms with van der Waals surface area (Å²) in [5, 5.41) is 13.4. The maximum atomic E-state index is 12.0. The van der Waals surface area contributed by atoms with Gasteiger partial charge in [0.25, 0.3) is 0 Å². The van der Waals surface area contributed by atoms with Crippen molar-refractivity contribution >= 4 is 29.4 Å². The summed E-state index contributed by atoms with van der Waals surface area (Å²) in [5.41, 5.74) is 1.55. The molecule has 2 rings (SSSR count). The number of rotatable bonds is 7. The number of nitrogens with one attached hydrogen (secondary N) is 1.